The molecule has 0 unspecified atom stereocenters. The van der Waals surface area contributed by atoms with Gasteiger partial charge >= 0.3 is 6.18 Å². The van der Waals surface area contributed by atoms with E-state index in [1.165, 1.54) is 12.1 Å². The van der Waals surface area contributed by atoms with Crippen molar-refractivity contribution in [1.82, 2.24) is 14.9 Å². The Hall–Kier alpha value is -3.04. The molecule has 2 rings (SSSR count). The molecule has 0 atom stereocenters. The summed E-state index contributed by atoms with van der Waals surface area (Å²) in [5.41, 5.74) is 0.532. The SMILES string of the molecule is Cc1cncn1CCCNC(=C[N+](=O)[O-])Nc1ccc(C(F)(F)F)cc1. The molecule has 0 spiro atoms. The fourth-order valence-corrected chi connectivity index (χ4v) is 2.22. The molecule has 0 saturated heterocycles. The average Bonchev–Trinajstić information content (AvgIpc) is 2.95. The normalized spacial score (nSPS) is 12.1. The molecule has 7 nitrogen and oxygen atoms in total. The molecule has 0 amide bonds. The van der Waals surface area contributed by atoms with Gasteiger partial charge in [-0.25, -0.2) is 4.98 Å². The van der Waals surface area contributed by atoms with E-state index < -0.39 is 16.7 Å². The summed E-state index contributed by atoms with van der Waals surface area (Å²) in [4.78, 5) is 14.1. The number of nitrogens with one attached hydrogen (secondary N) is 2. The summed E-state index contributed by atoms with van der Waals surface area (Å²) in [5, 5.41) is 16.3. The number of nitro groups is 1. The van der Waals surface area contributed by atoms with Crippen LogP contribution < -0.4 is 10.6 Å². The highest BCUT2D eigenvalue weighted by Crippen LogP contribution is 2.29. The van der Waals surface area contributed by atoms with E-state index in [0.717, 1.165) is 24.0 Å². The number of nitrogens with zero attached hydrogens (tertiary/aromatic N) is 3. The predicted octanol–water partition coefficient (Wildman–Crippen LogP) is 3.38. The zero-order valence-electron chi connectivity index (χ0n) is 14.0. The van der Waals surface area contributed by atoms with Crippen molar-refractivity contribution in [3.63, 3.8) is 0 Å². The smallest absolute Gasteiger partial charge is 0.366 e. The van der Waals surface area contributed by atoms with Gasteiger partial charge in [-0.2, -0.15) is 13.2 Å². The van der Waals surface area contributed by atoms with Crippen molar-refractivity contribution in [2.24, 2.45) is 0 Å². The summed E-state index contributed by atoms with van der Waals surface area (Å²) in [5.74, 6) is 0.0945. The van der Waals surface area contributed by atoms with Gasteiger partial charge in [-0.05, 0) is 37.6 Å². The van der Waals surface area contributed by atoms with Crippen LogP contribution in [0.2, 0.25) is 0 Å². The number of aromatic nitrogens is 2. The van der Waals surface area contributed by atoms with E-state index in [1.807, 2.05) is 11.5 Å². The van der Waals surface area contributed by atoms with Crippen LogP contribution in [0.25, 0.3) is 0 Å². The Bertz CT molecular complexity index is 769. The van der Waals surface area contributed by atoms with Gasteiger partial charge < -0.3 is 15.2 Å². The molecule has 0 aliphatic rings. The van der Waals surface area contributed by atoms with E-state index in [9.17, 15) is 23.3 Å². The number of imidazole rings is 1. The van der Waals surface area contributed by atoms with E-state index in [1.54, 1.807) is 12.5 Å². The Labute approximate surface area is 147 Å². The number of rotatable bonds is 8. The molecular weight excluding hydrogens is 351 g/mol. The second-order valence-electron chi connectivity index (χ2n) is 5.54. The molecule has 140 valence electrons. The number of halogens is 3. The zero-order chi connectivity index (χ0) is 19.2. The number of aryl methyl sites for hydroxylation is 2. The van der Waals surface area contributed by atoms with Crippen molar-refractivity contribution < 1.29 is 18.1 Å². The topological polar surface area (TPSA) is 85.0 Å². The number of benzene rings is 1. The molecule has 0 radical (unpaired) electrons. The van der Waals surface area contributed by atoms with Gasteiger partial charge in [0.25, 0.3) is 6.20 Å². The minimum Gasteiger partial charge on any atom is -0.366 e. The van der Waals surface area contributed by atoms with Crippen LogP contribution in [0.15, 0.2) is 48.8 Å². The lowest BCUT2D eigenvalue weighted by Gasteiger charge is -2.13. The van der Waals surface area contributed by atoms with Crippen LogP contribution in [0.4, 0.5) is 18.9 Å². The monoisotopic (exact) mass is 369 g/mol. The van der Waals surface area contributed by atoms with Crippen molar-refractivity contribution in [2.45, 2.75) is 26.1 Å². The largest absolute Gasteiger partial charge is 0.416 e. The molecule has 2 aromatic rings. The Morgan fingerprint density at radius 2 is 2.04 bits per heavy atom. The summed E-state index contributed by atoms with van der Waals surface area (Å²) in [6.45, 7) is 3.04. The van der Waals surface area contributed by atoms with Gasteiger partial charge in [0.05, 0.1) is 16.8 Å². The van der Waals surface area contributed by atoms with Gasteiger partial charge in [0.2, 0.25) is 0 Å². The van der Waals surface area contributed by atoms with Crippen LogP contribution in [0.5, 0.6) is 0 Å². The number of hydrogen-bond acceptors (Lipinski definition) is 5. The fraction of sp³-hybridized carbons (Fsp3) is 0.312. The highest BCUT2D eigenvalue weighted by atomic mass is 19.4. The lowest BCUT2D eigenvalue weighted by molar-refractivity contribution is -0.403. The highest BCUT2D eigenvalue weighted by molar-refractivity contribution is 5.49. The van der Waals surface area contributed by atoms with Crippen LogP contribution in [0.3, 0.4) is 0 Å². The van der Waals surface area contributed by atoms with Crippen LogP contribution in [-0.2, 0) is 12.7 Å². The van der Waals surface area contributed by atoms with Crippen molar-refractivity contribution in [2.75, 3.05) is 11.9 Å². The quantitative estimate of drug-likeness (QED) is 0.423. The van der Waals surface area contributed by atoms with Crippen LogP contribution in [-0.4, -0.2) is 21.0 Å². The first-order valence-electron chi connectivity index (χ1n) is 7.76. The molecular formula is C16H18F3N5O2. The van der Waals surface area contributed by atoms with Gasteiger partial charge in [-0.15, -0.1) is 0 Å². The second kappa shape index (κ2) is 8.37. The van der Waals surface area contributed by atoms with Gasteiger partial charge in [-0.3, -0.25) is 10.1 Å². The molecule has 1 heterocycles. The maximum Gasteiger partial charge on any atom is 0.416 e. The summed E-state index contributed by atoms with van der Waals surface area (Å²) in [6, 6.07) is 4.25. The van der Waals surface area contributed by atoms with Crippen molar-refractivity contribution >= 4 is 5.69 Å². The van der Waals surface area contributed by atoms with E-state index in [2.05, 4.69) is 15.6 Å². The van der Waals surface area contributed by atoms with Gasteiger partial charge in [-0.1, -0.05) is 0 Å². The van der Waals surface area contributed by atoms with Crippen molar-refractivity contribution in [3.05, 3.63) is 70.2 Å². The first-order chi connectivity index (χ1) is 12.3. The number of anilines is 1. The Balaban J connectivity index is 1.93. The maximum absolute atomic E-state index is 12.6. The molecule has 0 aliphatic carbocycles. The van der Waals surface area contributed by atoms with E-state index in [4.69, 9.17) is 0 Å². The molecule has 1 aromatic heterocycles. The molecule has 10 heteroatoms. The lowest BCUT2D eigenvalue weighted by atomic mass is 10.2. The molecule has 1 aromatic carbocycles. The van der Waals surface area contributed by atoms with E-state index in [-0.39, 0.29) is 5.82 Å². The molecule has 0 fully saturated rings. The van der Waals surface area contributed by atoms with E-state index >= 15 is 0 Å². The standard InChI is InChI=1S/C16H18F3N5O2/c1-12-9-20-11-23(12)8-2-7-21-15(10-24(25)26)22-14-5-3-13(4-6-14)16(17,18)19/h3-6,9-11,21-22H,2,7-8H2,1H3. The highest BCUT2D eigenvalue weighted by Gasteiger charge is 2.29. The summed E-state index contributed by atoms with van der Waals surface area (Å²) in [6.07, 6.45) is 0.421. The minimum absolute atomic E-state index is 0.0945. The second-order valence-corrected chi connectivity index (χ2v) is 5.54. The Kier molecular flexibility index (Phi) is 6.21. The van der Waals surface area contributed by atoms with Gasteiger partial charge in [0.15, 0.2) is 5.82 Å². The van der Waals surface area contributed by atoms with Crippen LogP contribution in [0.1, 0.15) is 17.7 Å². The van der Waals surface area contributed by atoms with Crippen molar-refractivity contribution in [1.29, 1.82) is 0 Å². The zero-order valence-corrected chi connectivity index (χ0v) is 14.0. The first kappa shape index (κ1) is 19.3. The third-order valence-electron chi connectivity index (χ3n) is 3.54. The molecule has 0 saturated carbocycles. The average molecular weight is 369 g/mol. The van der Waals surface area contributed by atoms with E-state index in [0.29, 0.717) is 25.2 Å². The van der Waals surface area contributed by atoms with Crippen LogP contribution in [0, 0.1) is 17.0 Å². The number of alkyl halides is 3. The third-order valence-corrected chi connectivity index (χ3v) is 3.54. The van der Waals surface area contributed by atoms with Gasteiger partial charge in [0, 0.05) is 30.7 Å². The third kappa shape index (κ3) is 5.80. The summed E-state index contributed by atoms with van der Waals surface area (Å²) < 4.78 is 39.6. The molecule has 0 bridgehead atoms. The molecule has 0 aliphatic heterocycles. The van der Waals surface area contributed by atoms with Crippen molar-refractivity contribution in [3.8, 4) is 0 Å². The minimum atomic E-state index is -4.43. The fourth-order valence-electron chi connectivity index (χ4n) is 2.22. The van der Waals surface area contributed by atoms with Crippen LogP contribution >= 0.6 is 0 Å². The lowest BCUT2D eigenvalue weighted by Crippen LogP contribution is -2.23. The molecule has 2 N–H and O–H groups in total. The maximum atomic E-state index is 12.6. The Morgan fingerprint density at radius 1 is 1.35 bits per heavy atom. The summed E-state index contributed by atoms with van der Waals surface area (Å²) >= 11 is 0. The number of hydrogen-bond donors (Lipinski definition) is 2. The summed E-state index contributed by atoms with van der Waals surface area (Å²) in [7, 11) is 0. The Morgan fingerprint density at radius 3 is 2.58 bits per heavy atom. The predicted molar refractivity (Wildman–Crippen MR) is 89.7 cm³/mol. The molecule has 26 heavy (non-hydrogen) atoms. The first-order valence-corrected chi connectivity index (χ1v) is 7.76. The van der Waals surface area contributed by atoms with Gasteiger partial charge in [0.1, 0.15) is 0 Å².